The van der Waals surface area contributed by atoms with Gasteiger partial charge in [-0.1, -0.05) is 29.4 Å². The third-order valence-electron chi connectivity index (χ3n) is 3.63. The van der Waals surface area contributed by atoms with Gasteiger partial charge in [0.2, 0.25) is 11.1 Å². The molecule has 0 bridgehead atoms. The minimum absolute atomic E-state index is 0.439. The normalized spacial score (nSPS) is 11.0. The van der Waals surface area contributed by atoms with Crippen molar-refractivity contribution in [3.05, 3.63) is 47.2 Å². The minimum Gasteiger partial charge on any atom is -0.324 e. The molecule has 0 fully saturated rings. The molecule has 4 aromatic rings. The van der Waals surface area contributed by atoms with Gasteiger partial charge < -0.3 is 5.32 Å². The molecule has 0 aliphatic rings. The summed E-state index contributed by atoms with van der Waals surface area (Å²) < 4.78 is 1.67. The molecule has 1 aromatic carbocycles. The standard InChI is InChI=1S/C16H13ClN8S/c1-9-13(22-23-15-21-16(26-2)24-25(9)15)12-6-7-18-14(20-12)19-11-5-3-4-10(17)8-11/h3-8H,1-2H3,(H,18,19,20). The SMILES string of the molecule is CSc1nc2nnc(-c3ccnc(Nc4cccc(Cl)c4)n3)c(C)n2n1. The van der Waals surface area contributed by atoms with Gasteiger partial charge in [-0.05, 0) is 37.4 Å². The Morgan fingerprint density at radius 2 is 2.04 bits per heavy atom. The molecule has 3 aromatic heterocycles. The average molecular weight is 385 g/mol. The topological polar surface area (TPSA) is 93.8 Å². The number of nitrogens with one attached hydrogen (secondary N) is 1. The highest BCUT2D eigenvalue weighted by Gasteiger charge is 2.14. The first-order valence-corrected chi connectivity index (χ1v) is 9.24. The van der Waals surface area contributed by atoms with Crippen LogP contribution in [0.2, 0.25) is 5.02 Å². The van der Waals surface area contributed by atoms with Gasteiger partial charge >= 0.3 is 0 Å². The minimum atomic E-state index is 0.439. The molecule has 0 atom stereocenters. The first-order chi connectivity index (χ1) is 12.6. The zero-order valence-corrected chi connectivity index (χ0v) is 15.5. The molecule has 1 N–H and O–H groups in total. The molecule has 26 heavy (non-hydrogen) atoms. The van der Waals surface area contributed by atoms with E-state index in [1.54, 1.807) is 28.9 Å². The predicted molar refractivity (Wildman–Crippen MR) is 101 cm³/mol. The molecule has 0 radical (unpaired) electrons. The first kappa shape index (κ1) is 16.7. The summed E-state index contributed by atoms with van der Waals surface area (Å²) in [5.41, 5.74) is 2.85. The van der Waals surface area contributed by atoms with Crippen LogP contribution in [0.4, 0.5) is 11.6 Å². The Labute approximate surface area is 158 Å². The van der Waals surface area contributed by atoms with Gasteiger partial charge in [0, 0.05) is 16.9 Å². The second-order valence-electron chi connectivity index (χ2n) is 5.35. The molecule has 8 nitrogen and oxygen atoms in total. The number of thioether (sulfide) groups is 1. The van der Waals surface area contributed by atoms with Crippen LogP contribution in [0.15, 0.2) is 41.7 Å². The van der Waals surface area contributed by atoms with Crippen LogP contribution < -0.4 is 5.32 Å². The highest BCUT2D eigenvalue weighted by atomic mass is 35.5. The van der Waals surface area contributed by atoms with Crippen molar-refractivity contribution in [2.24, 2.45) is 0 Å². The van der Waals surface area contributed by atoms with Crippen LogP contribution in [-0.2, 0) is 0 Å². The molecule has 0 unspecified atom stereocenters. The number of aryl methyl sites for hydroxylation is 1. The molecule has 10 heteroatoms. The molecule has 0 amide bonds. The van der Waals surface area contributed by atoms with Crippen molar-refractivity contribution in [3.8, 4) is 11.4 Å². The number of hydrogen-bond donors (Lipinski definition) is 1. The van der Waals surface area contributed by atoms with Gasteiger partial charge in [-0.25, -0.2) is 9.97 Å². The molecule has 3 heterocycles. The zero-order chi connectivity index (χ0) is 18.1. The zero-order valence-electron chi connectivity index (χ0n) is 13.9. The van der Waals surface area contributed by atoms with Crippen molar-refractivity contribution < 1.29 is 0 Å². The van der Waals surface area contributed by atoms with E-state index in [2.05, 4.69) is 35.6 Å². The summed E-state index contributed by atoms with van der Waals surface area (Å²) in [4.78, 5) is 13.1. The van der Waals surface area contributed by atoms with Crippen molar-refractivity contribution in [1.82, 2.24) is 34.8 Å². The van der Waals surface area contributed by atoms with Crippen LogP contribution in [0.5, 0.6) is 0 Å². The highest BCUT2D eigenvalue weighted by molar-refractivity contribution is 7.98. The number of hydrogen-bond acceptors (Lipinski definition) is 8. The number of benzene rings is 1. The summed E-state index contributed by atoms with van der Waals surface area (Å²) in [6, 6.07) is 9.12. The van der Waals surface area contributed by atoms with Crippen LogP contribution in [0.25, 0.3) is 17.2 Å². The van der Waals surface area contributed by atoms with E-state index in [0.717, 1.165) is 11.4 Å². The van der Waals surface area contributed by atoms with E-state index in [9.17, 15) is 0 Å². The Balaban J connectivity index is 1.72. The fourth-order valence-corrected chi connectivity index (χ4v) is 2.94. The Kier molecular flexibility index (Phi) is 4.39. The van der Waals surface area contributed by atoms with Crippen molar-refractivity contribution >= 4 is 40.8 Å². The lowest BCUT2D eigenvalue weighted by Gasteiger charge is -2.08. The fraction of sp³-hybridized carbons (Fsp3) is 0.125. The third-order valence-corrected chi connectivity index (χ3v) is 4.41. The van der Waals surface area contributed by atoms with Crippen LogP contribution in [0, 0.1) is 6.92 Å². The molecule has 0 spiro atoms. The van der Waals surface area contributed by atoms with Gasteiger partial charge in [0.15, 0.2) is 0 Å². The van der Waals surface area contributed by atoms with Crippen molar-refractivity contribution in [2.45, 2.75) is 12.1 Å². The largest absolute Gasteiger partial charge is 0.324 e. The lowest BCUT2D eigenvalue weighted by atomic mass is 10.2. The van der Waals surface area contributed by atoms with Crippen molar-refractivity contribution in [3.63, 3.8) is 0 Å². The van der Waals surface area contributed by atoms with Crippen LogP contribution >= 0.6 is 23.4 Å². The number of rotatable bonds is 4. The predicted octanol–water partition coefficient (Wildman–Crippen LogP) is 3.40. The van der Waals surface area contributed by atoms with E-state index in [-0.39, 0.29) is 0 Å². The van der Waals surface area contributed by atoms with Gasteiger partial charge in [-0.3, -0.25) is 0 Å². The van der Waals surface area contributed by atoms with E-state index in [1.165, 1.54) is 11.8 Å². The molecule has 0 saturated heterocycles. The van der Waals surface area contributed by atoms with Gasteiger partial charge in [-0.2, -0.15) is 9.50 Å². The quantitative estimate of drug-likeness (QED) is 0.535. The highest BCUT2D eigenvalue weighted by Crippen LogP contribution is 2.22. The number of nitrogens with zero attached hydrogens (tertiary/aromatic N) is 7. The van der Waals surface area contributed by atoms with E-state index in [4.69, 9.17) is 11.6 Å². The average Bonchev–Trinajstić information content (AvgIpc) is 3.07. The summed E-state index contributed by atoms with van der Waals surface area (Å²) in [7, 11) is 0. The monoisotopic (exact) mass is 384 g/mol. The maximum absolute atomic E-state index is 6.01. The molecule has 130 valence electrons. The van der Waals surface area contributed by atoms with Gasteiger partial charge in [0.1, 0.15) is 5.69 Å². The van der Waals surface area contributed by atoms with Crippen LogP contribution in [-0.4, -0.2) is 41.0 Å². The van der Waals surface area contributed by atoms with Gasteiger partial charge in [-0.15, -0.1) is 15.3 Å². The maximum atomic E-state index is 6.01. The summed E-state index contributed by atoms with van der Waals surface area (Å²) in [6.45, 7) is 1.90. The number of anilines is 2. The second kappa shape index (κ2) is 6.85. The summed E-state index contributed by atoms with van der Waals surface area (Å²) in [6.07, 6.45) is 3.58. The lowest BCUT2D eigenvalue weighted by molar-refractivity contribution is 0.824. The van der Waals surface area contributed by atoms with Crippen molar-refractivity contribution in [2.75, 3.05) is 11.6 Å². The molecule has 0 aliphatic carbocycles. The summed E-state index contributed by atoms with van der Waals surface area (Å²) in [5.74, 6) is 0.899. The number of halogens is 1. The summed E-state index contributed by atoms with van der Waals surface area (Å²) >= 11 is 7.46. The van der Waals surface area contributed by atoms with Crippen LogP contribution in [0.3, 0.4) is 0 Å². The summed E-state index contributed by atoms with van der Waals surface area (Å²) in [5, 5.41) is 17.2. The number of fused-ring (bicyclic) bond motifs is 1. The molecule has 0 aliphatic heterocycles. The molecular weight excluding hydrogens is 372 g/mol. The first-order valence-electron chi connectivity index (χ1n) is 7.64. The second-order valence-corrected chi connectivity index (χ2v) is 6.55. The third kappa shape index (κ3) is 3.18. The van der Waals surface area contributed by atoms with E-state index >= 15 is 0 Å². The fourth-order valence-electron chi connectivity index (χ4n) is 2.41. The Hall–Kier alpha value is -2.78. The lowest BCUT2D eigenvalue weighted by Crippen LogP contribution is -2.05. The van der Waals surface area contributed by atoms with Crippen molar-refractivity contribution in [1.29, 1.82) is 0 Å². The van der Waals surface area contributed by atoms with Gasteiger partial charge in [0.25, 0.3) is 5.78 Å². The van der Waals surface area contributed by atoms with Gasteiger partial charge in [0.05, 0.1) is 11.4 Å². The Morgan fingerprint density at radius 1 is 1.15 bits per heavy atom. The van der Waals surface area contributed by atoms with Crippen LogP contribution in [0.1, 0.15) is 5.69 Å². The Morgan fingerprint density at radius 3 is 2.85 bits per heavy atom. The van der Waals surface area contributed by atoms with E-state index in [0.29, 0.717) is 33.3 Å². The smallest absolute Gasteiger partial charge is 0.272 e. The molecule has 0 saturated carbocycles. The van der Waals surface area contributed by atoms with E-state index < -0.39 is 0 Å². The van der Waals surface area contributed by atoms with E-state index in [1.807, 2.05) is 25.3 Å². The Bertz CT molecular complexity index is 1100. The molecule has 4 rings (SSSR count). The molecular formula is C16H13ClN8S. The maximum Gasteiger partial charge on any atom is 0.272 e. The number of aromatic nitrogens is 7.